The molecule has 0 saturated carbocycles. The van der Waals surface area contributed by atoms with Gasteiger partial charge in [0.05, 0.1) is 16.6 Å². The average Bonchev–Trinajstić information content (AvgIpc) is 3.20. The first kappa shape index (κ1) is 16.2. The number of anilines is 1. The Bertz CT molecular complexity index is 903. The van der Waals surface area contributed by atoms with Crippen LogP contribution in [-0.2, 0) is 6.54 Å². The van der Waals surface area contributed by atoms with Gasteiger partial charge in [-0.25, -0.2) is 0 Å². The fourth-order valence-electron chi connectivity index (χ4n) is 1.91. The molecule has 3 aromatic rings. The largest absolute Gasteiger partial charge is 0.451 e. The van der Waals surface area contributed by atoms with Gasteiger partial charge in [0, 0.05) is 5.56 Å². The lowest BCUT2D eigenvalue weighted by Crippen LogP contribution is -2.12. The van der Waals surface area contributed by atoms with Gasteiger partial charge in [0.2, 0.25) is 0 Å². The summed E-state index contributed by atoms with van der Waals surface area (Å²) in [5.41, 5.74) is 0.707. The predicted molar refractivity (Wildman–Crippen MR) is 90.1 cm³/mol. The van der Waals surface area contributed by atoms with Gasteiger partial charge in [0.1, 0.15) is 5.76 Å². The molecule has 0 radical (unpaired) electrons. The van der Waals surface area contributed by atoms with Crippen molar-refractivity contribution >= 4 is 35.1 Å². The first-order valence-electron chi connectivity index (χ1n) is 6.82. The van der Waals surface area contributed by atoms with Crippen molar-refractivity contribution in [2.45, 2.75) is 6.54 Å². The quantitative estimate of drug-likeness (QED) is 0.698. The molecule has 7 nitrogen and oxygen atoms in total. The van der Waals surface area contributed by atoms with E-state index in [1.165, 1.54) is 4.80 Å². The second-order valence-corrected chi connectivity index (χ2v) is 5.52. The third-order valence-corrected chi connectivity index (χ3v) is 3.74. The summed E-state index contributed by atoms with van der Waals surface area (Å²) >= 11 is 11.9. The number of carbonyl (C=O) groups is 1. The van der Waals surface area contributed by atoms with Gasteiger partial charge < -0.3 is 4.42 Å². The van der Waals surface area contributed by atoms with Crippen LogP contribution < -0.4 is 5.32 Å². The monoisotopic (exact) mass is 363 g/mol. The van der Waals surface area contributed by atoms with Gasteiger partial charge >= 0.3 is 0 Å². The molecule has 2 aromatic heterocycles. The fourth-order valence-corrected chi connectivity index (χ4v) is 2.21. The highest BCUT2D eigenvalue weighted by molar-refractivity contribution is 6.42. The van der Waals surface area contributed by atoms with Crippen molar-refractivity contribution in [1.29, 1.82) is 0 Å². The maximum absolute atomic E-state index is 12.2. The minimum Gasteiger partial charge on any atom is -0.451 e. The lowest BCUT2D eigenvalue weighted by atomic mass is 10.2. The van der Waals surface area contributed by atoms with Crippen molar-refractivity contribution in [3.63, 3.8) is 0 Å². The van der Waals surface area contributed by atoms with Crippen molar-refractivity contribution in [2.24, 2.45) is 0 Å². The molecule has 0 saturated heterocycles. The molecule has 24 heavy (non-hydrogen) atoms. The van der Waals surface area contributed by atoms with Crippen LogP contribution in [-0.4, -0.2) is 26.1 Å². The van der Waals surface area contributed by atoms with Gasteiger partial charge in [-0.2, -0.15) is 4.80 Å². The second-order valence-electron chi connectivity index (χ2n) is 4.70. The molecular formula is C15H11Cl2N5O2. The smallest absolute Gasteiger partial charge is 0.293 e. The van der Waals surface area contributed by atoms with Gasteiger partial charge in [-0.3, -0.25) is 10.1 Å². The van der Waals surface area contributed by atoms with Crippen LogP contribution in [0.25, 0.3) is 11.3 Å². The van der Waals surface area contributed by atoms with Crippen LogP contribution in [0.2, 0.25) is 10.0 Å². The van der Waals surface area contributed by atoms with E-state index in [-0.39, 0.29) is 11.7 Å². The molecule has 0 atom stereocenters. The zero-order valence-electron chi connectivity index (χ0n) is 12.2. The molecule has 0 bridgehead atoms. The topological polar surface area (TPSA) is 85.8 Å². The zero-order chi connectivity index (χ0) is 17.1. The molecule has 1 aromatic carbocycles. The Morgan fingerprint density at radius 3 is 2.88 bits per heavy atom. The SMILES string of the molecule is C=CCn1nnc(NC(=O)c2ccc(-c3ccc(Cl)c(Cl)c3)o2)n1. The number of allylic oxidation sites excluding steroid dienone is 1. The number of rotatable bonds is 5. The normalized spacial score (nSPS) is 10.6. The molecule has 1 N–H and O–H groups in total. The third kappa shape index (κ3) is 3.47. The second kappa shape index (κ2) is 6.86. The molecular weight excluding hydrogens is 353 g/mol. The number of amides is 1. The van der Waals surface area contributed by atoms with Crippen LogP contribution in [0.4, 0.5) is 5.95 Å². The molecule has 0 spiro atoms. The maximum atomic E-state index is 12.2. The van der Waals surface area contributed by atoms with E-state index in [4.69, 9.17) is 27.6 Å². The zero-order valence-corrected chi connectivity index (χ0v) is 13.8. The highest BCUT2D eigenvalue weighted by Crippen LogP contribution is 2.29. The Balaban J connectivity index is 1.75. The van der Waals surface area contributed by atoms with Crippen LogP contribution in [0.3, 0.4) is 0 Å². The number of hydrogen-bond acceptors (Lipinski definition) is 5. The first-order chi connectivity index (χ1) is 11.6. The van der Waals surface area contributed by atoms with Crippen molar-refractivity contribution in [1.82, 2.24) is 20.2 Å². The molecule has 122 valence electrons. The molecule has 0 unspecified atom stereocenters. The summed E-state index contributed by atoms with van der Waals surface area (Å²) in [4.78, 5) is 13.5. The van der Waals surface area contributed by atoms with Crippen molar-refractivity contribution in [3.8, 4) is 11.3 Å². The molecule has 1 amide bonds. The Morgan fingerprint density at radius 1 is 1.29 bits per heavy atom. The number of benzene rings is 1. The molecule has 9 heteroatoms. The Morgan fingerprint density at radius 2 is 2.12 bits per heavy atom. The van der Waals surface area contributed by atoms with E-state index >= 15 is 0 Å². The predicted octanol–water partition coefficient (Wildman–Crippen LogP) is 3.68. The average molecular weight is 364 g/mol. The van der Waals surface area contributed by atoms with E-state index in [1.807, 2.05) is 0 Å². The highest BCUT2D eigenvalue weighted by atomic mass is 35.5. The van der Waals surface area contributed by atoms with E-state index in [0.29, 0.717) is 27.9 Å². The van der Waals surface area contributed by atoms with Crippen molar-refractivity contribution < 1.29 is 9.21 Å². The van der Waals surface area contributed by atoms with E-state index in [0.717, 1.165) is 0 Å². The van der Waals surface area contributed by atoms with E-state index in [1.54, 1.807) is 36.4 Å². The lowest BCUT2D eigenvalue weighted by Gasteiger charge is -2.00. The summed E-state index contributed by atoms with van der Waals surface area (Å²) in [7, 11) is 0. The summed E-state index contributed by atoms with van der Waals surface area (Å²) in [5, 5.41) is 14.8. The molecule has 0 aliphatic rings. The van der Waals surface area contributed by atoms with Crippen LogP contribution in [0.5, 0.6) is 0 Å². The van der Waals surface area contributed by atoms with Gasteiger partial charge in [-0.05, 0) is 35.5 Å². The summed E-state index contributed by atoms with van der Waals surface area (Å²) < 4.78 is 5.54. The Labute approximate surface area is 146 Å². The number of tetrazole rings is 1. The molecule has 0 aliphatic heterocycles. The number of carbonyl (C=O) groups excluding carboxylic acids is 1. The van der Waals surface area contributed by atoms with Gasteiger partial charge in [0.15, 0.2) is 5.76 Å². The lowest BCUT2D eigenvalue weighted by molar-refractivity contribution is 0.0996. The highest BCUT2D eigenvalue weighted by Gasteiger charge is 2.15. The summed E-state index contributed by atoms with van der Waals surface area (Å²) in [5.74, 6) is 0.187. The maximum Gasteiger partial charge on any atom is 0.293 e. The van der Waals surface area contributed by atoms with Crippen LogP contribution in [0, 0.1) is 0 Å². The van der Waals surface area contributed by atoms with Crippen LogP contribution >= 0.6 is 23.2 Å². The third-order valence-electron chi connectivity index (χ3n) is 3.00. The Kier molecular flexibility index (Phi) is 4.64. The molecule has 2 heterocycles. The standard InChI is InChI=1S/C15H11Cl2N5O2/c1-2-7-22-20-15(19-21-22)18-14(23)13-6-5-12(24-13)9-3-4-10(16)11(17)8-9/h2-6,8H,1,7H2,(H,18,20,23). The van der Waals surface area contributed by atoms with E-state index < -0.39 is 5.91 Å². The number of aromatic nitrogens is 4. The van der Waals surface area contributed by atoms with Gasteiger partial charge in [0.25, 0.3) is 11.9 Å². The minimum absolute atomic E-state index is 0.0781. The van der Waals surface area contributed by atoms with E-state index in [2.05, 4.69) is 27.3 Å². The summed E-state index contributed by atoms with van der Waals surface area (Å²) in [6.45, 7) is 3.96. The molecule has 0 fully saturated rings. The van der Waals surface area contributed by atoms with E-state index in [9.17, 15) is 4.79 Å². The van der Waals surface area contributed by atoms with Crippen molar-refractivity contribution in [3.05, 3.63) is 58.8 Å². The molecule has 3 rings (SSSR count). The van der Waals surface area contributed by atoms with Crippen molar-refractivity contribution in [2.75, 3.05) is 5.32 Å². The number of furan rings is 1. The summed E-state index contributed by atoms with van der Waals surface area (Å²) in [6, 6.07) is 8.27. The summed E-state index contributed by atoms with van der Waals surface area (Å²) in [6.07, 6.45) is 1.61. The van der Waals surface area contributed by atoms with Gasteiger partial charge in [-0.1, -0.05) is 34.4 Å². The Hall–Kier alpha value is -2.64. The number of nitrogens with one attached hydrogen (secondary N) is 1. The van der Waals surface area contributed by atoms with Crippen LogP contribution in [0.1, 0.15) is 10.6 Å². The number of hydrogen-bond donors (Lipinski definition) is 1. The number of halogens is 2. The number of nitrogens with zero attached hydrogens (tertiary/aromatic N) is 4. The first-order valence-corrected chi connectivity index (χ1v) is 7.57. The van der Waals surface area contributed by atoms with Crippen LogP contribution in [0.15, 0.2) is 47.4 Å². The molecule has 0 aliphatic carbocycles. The minimum atomic E-state index is -0.487. The fraction of sp³-hybridized carbons (Fsp3) is 0.0667. The van der Waals surface area contributed by atoms with Gasteiger partial charge in [-0.15, -0.1) is 11.7 Å².